The van der Waals surface area contributed by atoms with Gasteiger partial charge in [-0.1, -0.05) is 6.92 Å². The first kappa shape index (κ1) is 15.2. The Balaban J connectivity index is 1.77. The number of Topliss-reactive ketones (excluding diaryl/α,β-unsaturated/α-hetero) is 2. The molecular formula is C18H28O3. The number of carbonyl (C=O) groups excluding carboxylic acids is 2. The number of fused-ring (bicyclic) bond motifs is 2. The fourth-order valence-corrected chi connectivity index (χ4v) is 5.51. The first-order valence-electron chi connectivity index (χ1n) is 8.62. The topological polar surface area (TPSA) is 54.4 Å². The van der Waals surface area contributed by atoms with Gasteiger partial charge in [0.05, 0.1) is 6.10 Å². The minimum Gasteiger partial charge on any atom is -0.393 e. The second-order valence-electron chi connectivity index (χ2n) is 8.01. The van der Waals surface area contributed by atoms with Gasteiger partial charge in [0.25, 0.3) is 0 Å². The fourth-order valence-electron chi connectivity index (χ4n) is 5.51. The predicted octanol–water partition coefficient (Wildman–Crippen LogP) is 3.14. The Morgan fingerprint density at radius 3 is 2.81 bits per heavy atom. The second-order valence-corrected chi connectivity index (χ2v) is 8.01. The molecule has 0 unspecified atom stereocenters. The minimum absolute atomic E-state index is 0.0761. The van der Waals surface area contributed by atoms with Gasteiger partial charge in [-0.15, -0.1) is 0 Å². The standard InChI is InChI=1S/C18H28O3/c1-11(19)3-6-14-15-9-13-5-8-17(21)18(13,2)10-12(15)4-7-16(14)20/h12-15,17,21H,3-10H2,1-2H3/t12-,13+,14+,15-,17+,18+/m0/s1. The zero-order valence-electron chi connectivity index (χ0n) is 13.3. The molecule has 3 nitrogen and oxygen atoms in total. The Morgan fingerprint density at radius 1 is 1.33 bits per heavy atom. The number of ketones is 2. The van der Waals surface area contributed by atoms with Gasteiger partial charge >= 0.3 is 0 Å². The summed E-state index contributed by atoms with van der Waals surface area (Å²) in [5, 5.41) is 10.4. The van der Waals surface area contributed by atoms with Crippen LogP contribution in [0, 0.1) is 29.1 Å². The second kappa shape index (κ2) is 5.49. The lowest BCUT2D eigenvalue weighted by molar-refractivity contribution is -0.134. The SMILES string of the molecule is CC(=O)CC[C@H]1C(=O)CC[C@H]2C[C@]3(C)[C@H](CC[C@H]3O)C[C@@H]21. The molecule has 118 valence electrons. The highest BCUT2D eigenvalue weighted by molar-refractivity contribution is 5.83. The smallest absolute Gasteiger partial charge is 0.136 e. The summed E-state index contributed by atoms with van der Waals surface area (Å²) in [4.78, 5) is 23.6. The summed E-state index contributed by atoms with van der Waals surface area (Å²) in [5.41, 5.74) is 0.0761. The van der Waals surface area contributed by atoms with Gasteiger partial charge < -0.3 is 9.90 Å². The van der Waals surface area contributed by atoms with Crippen molar-refractivity contribution in [3.05, 3.63) is 0 Å². The van der Waals surface area contributed by atoms with Crippen molar-refractivity contribution < 1.29 is 14.7 Å². The Kier molecular flexibility index (Phi) is 3.98. The molecule has 3 fully saturated rings. The van der Waals surface area contributed by atoms with Crippen molar-refractivity contribution in [3.8, 4) is 0 Å². The van der Waals surface area contributed by atoms with Crippen LogP contribution in [-0.4, -0.2) is 22.8 Å². The molecule has 3 heteroatoms. The van der Waals surface area contributed by atoms with Gasteiger partial charge in [-0.2, -0.15) is 0 Å². The van der Waals surface area contributed by atoms with Gasteiger partial charge in [0.15, 0.2) is 0 Å². The molecule has 6 atom stereocenters. The van der Waals surface area contributed by atoms with Crippen LogP contribution in [0.15, 0.2) is 0 Å². The van der Waals surface area contributed by atoms with E-state index in [0.29, 0.717) is 36.4 Å². The van der Waals surface area contributed by atoms with Crippen LogP contribution in [0.25, 0.3) is 0 Å². The van der Waals surface area contributed by atoms with Crippen molar-refractivity contribution in [2.24, 2.45) is 29.1 Å². The van der Waals surface area contributed by atoms with Crippen LogP contribution in [-0.2, 0) is 9.59 Å². The third kappa shape index (κ3) is 2.58. The van der Waals surface area contributed by atoms with Crippen molar-refractivity contribution in [2.75, 3.05) is 0 Å². The summed E-state index contributed by atoms with van der Waals surface area (Å²) >= 11 is 0. The number of carbonyl (C=O) groups is 2. The van der Waals surface area contributed by atoms with Crippen molar-refractivity contribution in [3.63, 3.8) is 0 Å². The maximum atomic E-state index is 12.3. The van der Waals surface area contributed by atoms with Crippen LogP contribution < -0.4 is 0 Å². The van der Waals surface area contributed by atoms with E-state index in [2.05, 4.69) is 6.92 Å². The summed E-state index contributed by atoms with van der Waals surface area (Å²) in [7, 11) is 0. The van der Waals surface area contributed by atoms with Crippen molar-refractivity contribution >= 4 is 11.6 Å². The average molecular weight is 292 g/mol. The highest BCUT2D eigenvalue weighted by atomic mass is 16.3. The van der Waals surface area contributed by atoms with Gasteiger partial charge in [-0.05, 0) is 68.6 Å². The number of aliphatic hydroxyl groups excluding tert-OH is 1. The monoisotopic (exact) mass is 292 g/mol. The molecule has 0 aliphatic heterocycles. The van der Waals surface area contributed by atoms with E-state index in [0.717, 1.165) is 38.5 Å². The number of hydrogen-bond acceptors (Lipinski definition) is 3. The van der Waals surface area contributed by atoms with E-state index in [4.69, 9.17) is 0 Å². The maximum absolute atomic E-state index is 12.3. The number of aliphatic hydroxyl groups is 1. The number of hydrogen-bond donors (Lipinski definition) is 1. The zero-order chi connectivity index (χ0) is 15.2. The normalized spacial score (nSPS) is 46.0. The molecule has 3 aliphatic carbocycles. The van der Waals surface area contributed by atoms with Gasteiger partial charge in [0, 0.05) is 18.8 Å². The van der Waals surface area contributed by atoms with Crippen LogP contribution in [0.5, 0.6) is 0 Å². The lowest BCUT2D eigenvalue weighted by atomic mass is 9.54. The highest BCUT2D eigenvalue weighted by Crippen LogP contribution is 2.59. The van der Waals surface area contributed by atoms with Crippen molar-refractivity contribution in [2.45, 2.75) is 71.3 Å². The van der Waals surface area contributed by atoms with Crippen LogP contribution in [0.4, 0.5) is 0 Å². The van der Waals surface area contributed by atoms with E-state index in [1.54, 1.807) is 6.92 Å². The van der Waals surface area contributed by atoms with Gasteiger partial charge in [0.2, 0.25) is 0 Å². The predicted molar refractivity (Wildman–Crippen MR) is 80.7 cm³/mol. The van der Waals surface area contributed by atoms with Crippen molar-refractivity contribution in [1.29, 1.82) is 0 Å². The Bertz CT molecular complexity index is 444. The minimum atomic E-state index is -0.156. The Morgan fingerprint density at radius 2 is 2.10 bits per heavy atom. The van der Waals surface area contributed by atoms with Gasteiger partial charge in [-0.3, -0.25) is 4.79 Å². The molecule has 0 aromatic carbocycles. The first-order valence-corrected chi connectivity index (χ1v) is 8.62. The maximum Gasteiger partial charge on any atom is 0.136 e. The molecule has 21 heavy (non-hydrogen) atoms. The third-order valence-electron chi connectivity index (χ3n) is 6.85. The van der Waals surface area contributed by atoms with Crippen molar-refractivity contribution in [1.82, 2.24) is 0 Å². The molecule has 0 bridgehead atoms. The lowest BCUT2D eigenvalue weighted by Crippen LogP contribution is -2.47. The quantitative estimate of drug-likeness (QED) is 0.869. The molecule has 3 saturated carbocycles. The molecule has 3 rings (SSSR count). The highest BCUT2D eigenvalue weighted by Gasteiger charge is 2.54. The van der Waals surface area contributed by atoms with Crippen LogP contribution >= 0.6 is 0 Å². The molecule has 0 saturated heterocycles. The molecule has 3 aliphatic rings. The fraction of sp³-hybridized carbons (Fsp3) is 0.889. The molecule has 0 heterocycles. The van der Waals surface area contributed by atoms with Crippen LogP contribution in [0.3, 0.4) is 0 Å². The molecule has 1 N–H and O–H groups in total. The summed E-state index contributed by atoms with van der Waals surface area (Å²) in [5.74, 6) is 2.30. The Hall–Kier alpha value is -0.700. The van der Waals surface area contributed by atoms with Gasteiger partial charge in [-0.25, -0.2) is 0 Å². The van der Waals surface area contributed by atoms with Crippen LogP contribution in [0.1, 0.15) is 65.2 Å². The van der Waals surface area contributed by atoms with E-state index in [-0.39, 0.29) is 23.2 Å². The molecule has 0 spiro atoms. The summed E-state index contributed by atoms with van der Waals surface area (Å²) in [6, 6.07) is 0. The zero-order valence-corrected chi connectivity index (χ0v) is 13.3. The van der Waals surface area contributed by atoms with E-state index < -0.39 is 0 Å². The largest absolute Gasteiger partial charge is 0.393 e. The molecule has 0 aromatic heterocycles. The first-order chi connectivity index (χ1) is 9.91. The molecule has 0 radical (unpaired) electrons. The van der Waals surface area contributed by atoms with E-state index in [1.807, 2.05) is 0 Å². The average Bonchev–Trinajstić information content (AvgIpc) is 2.71. The lowest BCUT2D eigenvalue weighted by Gasteiger charge is -2.50. The molecule has 0 aromatic rings. The van der Waals surface area contributed by atoms with E-state index >= 15 is 0 Å². The Labute approximate surface area is 127 Å². The summed E-state index contributed by atoms with van der Waals surface area (Å²) < 4.78 is 0. The number of rotatable bonds is 3. The van der Waals surface area contributed by atoms with E-state index in [9.17, 15) is 14.7 Å². The van der Waals surface area contributed by atoms with Gasteiger partial charge in [0.1, 0.15) is 11.6 Å². The molecule has 0 amide bonds. The molecular weight excluding hydrogens is 264 g/mol. The van der Waals surface area contributed by atoms with E-state index in [1.165, 1.54) is 0 Å². The third-order valence-corrected chi connectivity index (χ3v) is 6.85. The van der Waals surface area contributed by atoms with Crippen LogP contribution in [0.2, 0.25) is 0 Å². The summed E-state index contributed by atoms with van der Waals surface area (Å²) in [6.07, 6.45) is 7.01. The summed E-state index contributed by atoms with van der Waals surface area (Å²) in [6.45, 7) is 3.88.